The number of nitrogens with two attached hydrogens (primary N) is 1. The van der Waals surface area contributed by atoms with E-state index in [4.69, 9.17) is 10.5 Å². The fourth-order valence-corrected chi connectivity index (χ4v) is 3.66. The van der Waals surface area contributed by atoms with Crippen molar-refractivity contribution < 1.29 is 9.53 Å². The Morgan fingerprint density at radius 1 is 1.44 bits per heavy atom. The second-order valence-corrected chi connectivity index (χ2v) is 6.86. The third-order valence-electron chi connectivity index (χ3n) is 3.84. The standard InChI is InChI=1S/C17H20N4O3S/c18-13-9-14(22)21-17(20-13)25-15(11-5-2-1-3-6-11)16(23)19-10-12-7-4-8-24-12/h1-3,5-6,9,12,15H,4,7-8,10H2,(H,19,23)(H3,18,20,21,22)/t12-,15-/m0/s1. The summed E-state index contributed by atoms with van der Waals surface area (Å²) in [4.78, 5) is 31.0. The van der Waals surface area contributed by atoms with E-state index in [1.165, 1.54) is 6.07 Å². The average Bonchev–Trinajstić information content (AvgIpc) is 3.11. The molecular formula is C17H20N4O3S. The van der Waals surface area contributed by atoms with Gasteiger partial charge in [0, 0.05) is 19.2 Å². The van der Waals surface area contributed by atoms with Crippen molar-refractivity contribution in [3.63, 3.8) is 0 Å². The van der Waals surface area contributed by atoms with E-state index in [0.29, 0.717) is 11.7 Å². The number of hydrogen-bond acceptors (Lipinski definition) is 6. The summed E-state index contributed by atoms with van der Waals surface area (Å²) < 4.78 is 5.54. The van der Waals surface area contributed by atoms with E-state index in [1.807, 2.05) is 30.3 Å². The van der Waals surface area contributed by atoms with E-state index in [9.17, 15) is 9.59 Å². The Bertz CT molecular complexity index is 775. The molecule has 0 unspecified atom stereocenters. The van der Waals surface area contributed by atoms with Crippen LogP contribution in [-0.4, -0.2) is 35.1 Å². The highest BCUT2D eigenvalue weighted by Gasteiger charge is 2.25. The molecule has 0 bridgehead atoms. The number of benzene rings is 1. The van der Waals surface area contributed by atoms with Crippen LogP contribution in [0.3, 0.4) is 0 Å². The minimum Gasteiger partial charge on any atom is -0.383 e. The first-order chi connectivity index (χ1) is 12.1. The van der Waals surface area contributed by atoms with Gasteiger partial charge in [0.05, 0.1) is 6.10 Å². The number of carbonyl (C=O) groups is 1. The van der Waals surface area contributed by atoms with Gasteiger partial charge in [0.15, 0.2) is 5.16 Å². The molecule has 2 heterocycles. The normalized spacial score (nSPS) is 18.0. The van der Waals surface area contributed by atoms with Crippen LogP contribution in [0.4, 0.5) is 5.82 Å². The molecule has 0 spiro atoms. The number of H-pyrrole nitrogens is 1. The zero-order valence-corrected chi connectivity index (χ0v) is 14.4. The summed E-state index contributed by atoms with van der Waals surface area (Å²) in [6.07, 6.45) is 2.04. The Kier molecular flexibility index (Phi) is 5.72. The van der Waals surface area contributed by atoms with Crippen molar-refractivity contribution in [1.29, 1.82) is 0 Å². The van der Waals surface area contributed by atoms with Crippen LogP contribution in [0, 0.1) is 0 Å². The Hall–Kier alpha value is -2.32. The molecule has 1 amide bonds. The number of thioether (sulfide) groups is 1. The minimum atomic E-state index is -0.549. The lowest BCUT2D eigenvalue weighted by Gasteiger charge is -2.18. The summed E-state index contributed by atoms with van der Waals surface area (Å²) in [5.41, 5.74) is 6.11. The molecule has 0 radical (unpaired) electrons. The maximum absolute atomic E-state index is 12.7. The Morgan fingerprint density at radius 2 is 2.24 bits per heavy atom. The highest BCUT2D eigenvalue weighted by atomic mass is 32.2. The fraction of sp³-hybridized carbons (Fsp3) is 0.353. The van der Waals surface area contributed by atoms with Gasteiger partial charge in [-0.1, -0.05) is 42.1 Å². The molecule has 7 nitrogen and oxygen atoms in total. The second kappa shape index (κ2) is 8.17. The van der Waals surface area contributed by atoms with Crippen LogP contribution >= 0.6 is 11.8 Å². The number of hydrogen-bond donors (Lipinski definition) is 3. The molecule has 1 aliphatic heterocycles. The van der Waals surface area contributed by atoms with Gasteiger partial charge < -0.3 is 20.8 Å². The van der Waals surface area contributed by atoms with E-state index in [-0.39, 0.29) is 23.4 Å². The summed E-state index contributed by atoms with van der Waals surface area (Å²) in [5, 5.41) is 2.70. The number of nitrogen functional groups attached to an aromatic ring is 1. The zero-order chi connectivity index (χ0) is 17.6. The van der Waals surface area contributed by atoms with E-state index < -0.39 is 5.25 Å². The smallest absolute Gasteiger partial charge is 0.253 e. The van der Waals surface area contributed by atoms with Crippen LogP contribution in [0.2, 0.25) is 0 Å². The van der Waals surface area contributed by atoms with Crippen molar-refractivity contribution in [2.24, 2.45) is 0 Å². The number of ether oxygens (including phenoxy) is 1. The Labute approximate surface area is 149 Å². The van der Waals surface area contributed by atoms with Crippen molar-refractivity contribution in [2.45, 2.75) is 29.4 Å². The fourth-order valence-electron chi connectivity index (χ4n) is 2.63. The van der Waals surface area contributed by atoms with Crippen LogP contribution in [0.1, 0.15) is 23.7 Å². The number of nitrogens with one attached hydrogen (secondary N) is 2. The first-order valence-electron chi connectivity index (χ1n) is 8.09. The number of anilines is 1. The first-order valence-corrected chi connectivity index (χ1v) is 8.97. The van der Waals surface area contributed by atoms with E-state index >= 15 is 0 Å². The van der Waals surface area contributed by atoms with Crippen LogP contribution in [0.5, 0.6) is 0 Å². The summed E-state index contributed by atoms with van der Waals surface area (Å²) in [7, 11) is 0. The number of aromatic nitrogens is 2. The maximum atomic E-state index is 12.7. The molecule has 1 saturated heterocycles. The maximum Gasteiger partial charge on any atom is 0.253 e. The largest absolute Gasteiger partial charge is 0.383 e. The third-order valence-corrected chi connectivity index (χ3v) is 4.98. The molecule has 25 heavy (non-hydrogen) atoms. The highest BCUT2D eigenvalue weighted by Crippen LogP contribution is 2.33. The molecule has 1 fully saturated rings. The molecule has 3 rings (SSSR count). The minimum absolute atomic E-state index is 0.0654. The summed E-state index contributed by atoms with van der Waals surface area (Å²) >= 11 is 1.16. The monoisotopic (exact) mass is 360 g/mol. The molecule has 4 N–H and O–H groups in total. The molecule has 1 aliphatic rings. The van der Waals surface area contributed by atoms with Crippen molar-refractivity contribution in [1.82, 2.24) is 15.3 Å². The molecule has 1 aromatic heterocycles. The van der Waals surface area contributed by atoms with Gasteiger partial charge in [0.2, 0.25) is 5.91 Å². The topological polar surface area (TPSA) is 110 Å². The van der Waals surface area contributed by atoms with Gasteiger partial charge in [-0.2, -0.15) is 0 Å². The molecule has 0 aliphatic carbocycles. The lowest BCUT2D eigenvalue weighted by atomic mass is 10.1. The van der Waals surface area contributed by atoms with E-state index in [1.54, 1.807) is 0 Å². The lowest BCUT2D eigenvalue weighted by molar-refractivity contribution is -0.121. The molecular weight excluding hydrogens is 340 g/mol. The van der Waals surface area contributed by atoms with E-state index in [0.717, 1.165) is 36.8 Å². The van der Waals surface area contributed by atoms with Gasteiger partial charge in [0.1, 0.15) is 11.1 Å². The van der Waals surface area contributed by atoms with E-state index in [2.05, 4.69) is 15.3 Å². The average molecular weight is 360 g/mol. The Balaban J connectivity index is 1.77. The van der Waals surface area contributed by atoms with Gasteiger partial charge in [0.25, 0.3) is 5.56 Å². The summed E-state index contributed by atoms with van der Waals surface area (Å²) in [6, 6.07) is 10.6. The molecule has 1 aromatic carbocycles. The molecule has 0 saturated carbocycles. The van der Waals surface area contributed by atoms with Gasteiger partial charge >= 0.3 is 0 Å². The summed E-state index contributed by atoms with van der Waals surface area (Å²) in [5.74, 6) is -0.0328. The number of rotatable bonds is 6. The molecule has 2 atom stereocenters. The quantitative estimate of drug-likeness (QED) is 0.532. The van der Waals surface area contributed by atoms with Crippen LogP contribution in [0.15, 0.2) is 46.3 Å². The number of amides is 1. The van der Waals surface area contributed by atoms with Crippen molar-refractivity contribution in [3.8, 4) is 0 Å². The predicted molar refractivity (Wildman–Crippen MR) is 96.3 cm³/mol. The van der Waals surface area contributed by atoms with Gasteiger partial charge in [-0.25, -0.2) is 4.98 Å². The van der Waals surface area contributed by atoms with Crippen LogP contribution in [0.25, 0.3) is 0 Å². The zero-order valence-electron chi connectivity index (χ0n) is 13.6. The number of carbonyl (C=O) groups excluding carboxylic acids is 1. The second-order valence-electron chi connectivity index (χ2n) is 5.76. The van der Waals surface area contributed by atoms with Crippen molar-refractivity contribution >= 4 is 23.5 Å². The molecule has 2 aromatic rings. The van der Waals surface area contributed by atoms with Crippen LogP contribution < -0.4 is 16.6 Å². The summed E-state index contributed by atoms with van der Waals surface area (Å²) in [6.45, 7) is 1.22. The first kappa shape index (κ1) is 17.5. The van der Waals surface area contributed by atoms with Crippen LogP contribution in [-0.2, 0) is 9.53 Å². The van der Waals surface area contributed by atoms with Gasteiger partial charge in [-0.3, -0.25) is 9.59 Å². The van der Waals surface area contributed by atoms with Gasteiger partial charge in [-0.05, 0) is 18.4 Å². The SMILES string of the molecule is Nc1cc(=O)[nH]c(S[C@H](C(=O)NC[C@@H]2CCCO2)c2ccccc2)n1. The molecule has 132 valence electrons. The van der Waals surface area contributed by atoms with Crippen molar-refractivity contribution in [3.05, 3.63) is 52.3 Å². The predicted octanol–water partition coefficient (Wildman–Crippen LogP) is 1.48. The molecule has 8 heteroatoms. The number of nitrogens with zero attached hydrogens (tertiary/aromatic N) is 1. The van der Waals surface area contributed by atoms with Gasteiger partial charge in [-0.15, -0.1) is 0 Å². The van der Waals surface area contributed by atoms with Crippen molar-refractivity contribution in [2.75, 3.05) is 18.9 Å². The third kappa shape index (κ3) is 4.83. The lowest BCUT2D eigenvalue weighted by Crippen LogP contribution is -2.34. The number of aromatic amines is 1. The Morgan fingerprint density at radius 3 is 2.92 bits per heavy atom. The highest BCUT2D eigenvalue weighted by molar-refractivity contribution is 8.00.